The van der Waals surface area contributed by atoms with Crippen LogP contribution in [0.2, 0.25) is 0 Å². The second-order valence-corrected chi connectivity index (χ2v) is 5.41. The molecule has 0 spiro atoms. The van der Waals surface area contributed by atoms with Gasteiger partial charge in [0.2, 0.25) is 0 Å². The number of benzene rings is 1. The van der Waals surface area contributed by atoms with Crippen molar-refractivity contribution in [2.24, 2.45) is 5.41 Å². The van der Waals surface area contributed by atoms with Gasteiger partial charge in [0.05, 0.1) is 29.8 Å². The molecular weight excluding hydrogens is 256 g/mol. The zero-order valence-corrected chi connectivity index (χ0v) is 11.8. The molecule has 0 saturated carbocycles. The summed E-state index contributed by atoms with van der Waals surface area (Å²) >= 11 is 0. The predicted octanol–water partition coefficient (Wildman–Crippen LogP) is 2.16. The molecule has 0 bridgehead atoms. The van der Waals surface area contributed by atoms with Crippen LogP contribution in [0, 0.1) is 16.7 Å². The van der Waals surface area contributed by atoms with E-state index in [2.05, 4.69) is 6.07 Å². The van der Waals surface area contributed by atoms with E-state index in [1.165, 1.54) is 12.0 Å². The first-order valence-corrected chi connectivity index (χ1v) is 6.35. The largest absolute Gasteiger partial charge is 0.497 e. The molecule has 104 valence electrons. The summed E-state index contributed by atoms with van der Waals surface area (Å²) in [7, 11) is 1.51. The third-order valence-electron chi connectivity index (χ3n) is 3.44. The molecule has 1 aliphatic heterocycles. The van der Waals surface area contributed by atoms with Crippen molar-refractivity contribution in [2.45, 2.75) is 20.3 Å². The molecule has 1 aromatic carbocycles. The molecule has 0 unspecified atom stereocenters. The molecule has 1 aliphatic rings. The average molecular weight is 272 g/mol. The number of amides is 1. The van der Waals surface area contributed by atoms with Gasteiger partial charge in [-0.25, -0.2) is 0 Å². The molecule has 0 N–H and O–H groups in total. The number of hydrogen-bond acceptors (Lipinski definition) is 4. The van der Waals surface area contributed by atoms with Crippen LogP contribution < -0.4 is 9.64 Å². The Morgan fingerprint density at radius 3 is 2.65 bits per heavy atom. The van der Waals surface area contributed by atoms with Gasteiger partial charge in [-0.2, -0.15) is 5.26 Å². The normalized spacial score (nSPS) is 14.2. The van der Waals surface area contributed by atoms with Crippen LogP contribution in [-0.4, -0.2) is 25.3 Å². The lowest BCUT2D eigenvalue weighted by Crippen LogP contribution is -2.32. The van der Waals surface area contributed by atoms with Gasteiger partial charge in [0.15, 0.2) is 0 Å². The molecule has 0 saturated heterocycles. The molecule has 20 heavy (non-hydrogen) atoms. The van der Waals surface area contributed by atoms with E-state index in [0.717, 1.165) is 0 Å². The third-order valence-corrected chi connectivity index (χ3v) is 3.44. The van der Waals surface area contributed by atoms with Crippen LogP contribution in [0.5, 0.6) is 5.75 Å². The summed E-state index contributed by atoms with van der Waals surface area (Å²) in [6, 6.07) is 7.19. The molecule has 0 aliphatic carbocycles. The van der Waals surface area contributed by atoms with Gasteiger partial charge in [-0.3, -0.25) is 9.59 Å². The average Bonchev–Trinajstić information content (AvgIpc) is 2.68. The number of hydrogen-bond donors (Lipinski definition) is 0. The molecule has 5 heteroatoms. The zero-order valence-electron chi connectivity index (χ0n) is 11.8. The zero-order chi connectivity index (χ0) is 14.9. The maximum atomic E-state index is 12.0. The van der Waals surface area contributed by atoms with Crippen molar-refractivity contribution in [2.75, 3.05) is 18.6 Å². The highest BCUT2D eigenvalue weighted by Gasteiger charge is 2.36. The third kappa shape index (κ3) is 2.37. The van der Waals surface area contributed by atoms with Crippen LogP contribution in [-0.2, 0) is 4.79 Å². The summed E-state index contributed by atoms with van der Waals surface area (Å²) < 4.78 is 5.06. The molecule has 1 amide bonds. The van der Waals surface area contributed by atoms with E-state index in [9.17, 15) is 9.59 Å². The minimum absolute atomic E-state index is 0.352. The second kappa shape index (κ2) is 4.97. The van der Waals surface area contributed by atoms with E-state index in [4.69, 9.17) is 10.00 Å². The van der Waals surface area contributed by atoms with Gasteiger partial charge in [-0.1, -0.05) is 0 Å². The van der Waals surface area contributed by atoms with Crippen LogP contribution in [0.3, 0.4) is 0 Å². The summed E-state index contributed by atoms with van der Waals surface area (Å²) in [6.07, 6.45) is 0.508. The Kier molecular flexibility index (Phi) is 3.49. The van der Waals surface area contributed by atoms with Crippen molar-refractivity contribution in [3.8, 4) is 11.8 Å². The molecule has 0 aromatic heterocycles. The Bertz CT molecular complexity index is 614. The standard InChI is InChI=1S/C15H16N2O3/c1-15(2,9-16)6-7-17-12-5-4-10(20-3)8-11(12)13(18)14(17)19/h4-5,8H,6-7H2,1-3H3. The lowest BCUT2D eigenvalue weighted by Gasteiger charge is -2.21. The predicted molar refractivity (Wildman–Crippen MR) is 73.7 cm³/mol. The fourth-order valence-electron chi connectivity index (χ4n) is 2.08. The fourth-order valence-corrected chi connectivity index (χ4v) is 2.08. The monoisotopic (exact) mass is 272 g/mol. The Hall–Kier alpha value is -2.35. The van der Waals surface area contributed by atoms with E-state index < -0.39 is 17.1 Å². The maximum absolute atomic E-state index is 12.0. The molecule has 1 heterocycles. The first-order chi connectivity index (χ1) is 9.39. The summed E-state index contributed by atoms with van der Waals surface area (Å²) in [5.41, 5.74) is 0.428. The number of carbonyl (C=O) groups excluding carboxylic acids is 2. The molecule has 0 radical (unpaired) electrons. The number of nitriles is 1. The first kappa shape index (κ1) is 14.1. The van der Waals surface area contributed by atoms with Crippen molar-refractivity contribution in [1.82, 2.24) is 0 Å². The van der Waals surface area contributed by atoms with Crippen molar-refractivity contribution in [1.29, 1.82) is 5.26 Å². The topological polar surface area (TPSA) is 70.4 Å². The highest BCUT2D eigenvalue weighted by molar-refractivity contribution is 6.52. The maximum Gasteiger partial charge on any atom is 0.299 e. The van der Waals surface area contributed by atoms with Crippen molar-refractivity contribution in [3.05, 3.63) is 23.8 Å². The molecular formula is C15H16N2O3. The number of methoxy groups -OCH3 is 1. The number of rotatable bonds is 4. The number of carbonyl (C=O) groups is 2. The molecule has 0 atom stereocenters. The molecule has 0 fully saturated rings. The number of fused-ring (bicyclic) bond motifs is 1. The number of anilines is 1. The van der Waals surface area contributed by atoms with E-state index in [0.29, 0.717) is 30.0 Å². The lowest BCUT2D eigenvalue weighted by molar-refractivity contribution is -0.114. The SMILES string of the molecule is COc1ccc2c(c1)C(=O)C(=O)N2CCC(C)(C)C#N. The number of nitrogens with zero attached hydrogens (tertiary/aromatic N) is 2. The smallest absolute Gasteiger partial charge is 0.299 e. The van der Waals surface area contributed by atoms with Gasteiger partial charge in [-0.15, -0.1) is 0 Å². The fraction of sp³-hybridized carbons (Fsp3) is 0.400. The highest BCUT2D eigenvalue weighted by Crippen LogP contribution is 2.33. The molecule has 2 rings (SSSR count). The Labute approximate surface area is 117 Å². The van der Waals surface area contributed by atoms with E-state index >= 15 is 0 Å². The van der Waals surface area contributed by atoms with Crippen molar-refractivity contribution in [3.63, 3.8) is 0 Å². The molecule has 5 nitrogen and oxygen atoms in total. The van der Waals surface area contributed by atoms with E-state index in [1.807, 2.05) is 13.8 Å². The summed E-state index contributed by atoms with van der Waals surface area (Å²) in [4.78, 5) is 25.4. The van der Waals surface area contributed by atoms with Gasteiger partial charge in [0, 0.05) is 6.54 Å². The van der Waals surface area contributed by atoms with E-state index in [-0.39, 0.29) is 0 Å². The molecule has 1 aromatic rings. The lowest BCUT2D eigenvalue weighted by atomic mass is 9.91. The van der Waals surface area contributed by atoms with Gasteiger partial charge in [-0.05, 0) is 38.5 Å². The quantitative estimate of drug-likeness (QED) is 0.787. The van der Waals surface area contributed by atoms with Crippen LogP contribution >= 0.6 is 0 Å². The number of ketones is 1. The highest BCUT2D eigenvalue weighted by atomic mass is 16.5. The van der Waals surface area contributed by atoms with Gasteiger partial charge in [0.25, 0.3) is 11.7 Å². The first-order valence-electron chi connectivity index (χ1n) is 6.35. The summed E-state index contributed by atoms with van der Waals surface area (Å²) in [6.45, 7) is 3.97. The van der Waals surface area contributed by atoms with Crippen LogP contribution in [0.4, 0.5) is 5.69 Å². The van der Waals surface area contributed by atoms with Gasteiger partial charge in [0.1, 0.15) is 5.75 Å². The minimum Gasteiger partial charge on any atom is -0.497 e. The van der Waals surface area contributed by atoms with Crippen molar-refractivity contribution < 1.29 is 14.3 Å². The van der Waals surface area contributed by atoms with Crippen LogP contribution in [0.1, 0.15) is 30.6 Å². The van der Waals surface area contributed by atoms with Crippen LogP contribution in [0.25, 0.3) is 0 Å². The minimum atomic E-state index is -0.540. The Morgan fingerprint density at radius 1 is 1.35 bits per heavy atom. The van der Waals surface area contributed by atoms with Crippen molar-refractivity contribution >= 4 is 17.4 Å². The second-order valence-electron chi connectivity index (χ2n) is 5.41. The summed E-state index contributed by atoms with van der Waals surface area (Å²) in [5.74, 6) is -0.514. The summed E-state index contributed by atoms with van der Waals surface area (Å²) in [5, 5.41) is 9.01. The Balaban J connectivity index is 2.28. The number of ether oxygens (including phenoxy) is 1. The van der Waals surface area contributed by atoms with E-state index in [1.54, 1.807) is 18.2 Å². The van der Waals surface area contributed by atoms with Crippen LogP contribution in [0.15, 0.2) is 18.2 Å². The van der Waals surface area contributed by atoms with Gasteiger partial charge < -0.3 is 9.64 Å². The number of Topliss-reactive ketones (excluding diaryl/α,β-unsaturated/α-hetero) is 1. The van der Waals surface area contributed by atoms with Gasteiger partial charge >= 0.3 is 0 Å². The Morgan fingerprint density at radius 2 is 2.05 bits per heavy atom.